The Morgan fingerprint density at radius 2 is 1.94 bits per heavy atom. The Morgan fingerprint density at radius 3 is 2.79 bits per heavy atom. The second kappa shape index (κ2) is 9.52. The number of para-hydroxylation sites is 1. The molecule has 0 spiro atoms. The summed E-state index contributed by atoms with van der Waals surface area (Å²) in [6.45, 7) is 3.01. The average Bonchev–Trinajstić information content (AvgIpc) is 3.27. The summed E-state index contributed by atoms with van der Waals surface area (Å²) in [4.78, 5) is 19.7. The van der Waals surface area contributed by atoms with Crippen LogP contribution in [0.3, 0.4) is 0 Å². The second-order valence-corrected chi connectivity index (χ2v) is 8.11. The Morgan fingerprint density at radius 1 is 1.09 bits per heavy atom. The van der Waals surface area contributed by atoms with E-state index in [0.29, 0.717) is 41.8 Å². The number of nitrogens with zero attached hydrogens (tertiary/aromatic N) is 3. The van der Waals surface area contributed by atoms with Gasteiger partial charge in [-0.2, -0.15) is 0 Å². The first-order valence-electron chi connectivity index (χ1n) is 10.8. The monoisotopic (exact) mass is 462 g/mol. The van der Waals surface area contributed by atoms with Crippen molar-refractivity contribution >= 4 is 34.5 Å². The van der Waals surface area contributed by atoms with Gasteiger partial charge < -0.3 is 24.1 Å². The lowest BCUT2D eigenvalue weighted by molar-refractivity contribution is 0.102. The lowest BCUT2D eigenvalue weighted by Gasteiger charge is -2.31. The summed E-state index contributed by atoms with van der Waals surface area (Å²) >= 11 is 6.48. The highest BCUT2D eigenvalue weighted by atomic mass is 35.5. The van der Waals surface area contributed by atoms with Gasteiger partial charge in [-0.1, -0.05) is 29.8 Å². The highest BCUT2D eigenvalue weighted by Crippen LogP contribution is 2.34. The van der Waals surface area contributed by atoms with Crippen LogP contribution in [0, 0.1) is 0 Å². The summed E-state index contributed by atoms with van der Waals surface area (Å²) in [7, 11) is 0. The first kappa shape index (κ1) is 21.3. The third kappa shape index (κ3) is 4.79. The van der Waals surface area contributed by atoms with Crippen LogP contribution in [0.1, 0.15) is 16.1 Å². The Kier molecular flexibility index (Phi) is 6.15. The van der Waals surface area contributed by atoms with Crippen LogP contribution in [-0.4, -0.2) is 41.6 Å². The number of halogens is 1. The van der Waals surface area contributed by atoms with Crippen molar-refractivity contribution in [1.82, 2.24) is 9.38 Å². The summed E-state index contributed by atoms with van der Waals surface area (Å²) in [5.41, 5.74) is 3.66. The number of morpholine rings is 1. The number of rotatable bonds is 6. The van der Waals surface area contributed by atoms with E-state index in [1.807, 2.05) is 59.3 Å². The van der Waals surface area contributed by atoms with E-state index in [4.69, 9.17) is 21.1 Å². The number of imidazole rings is 1. The molecule has 1 saturated heterocycles. The Balaban J connectivity index is 1.30. The van der Waals surface area contributed by atoms with Crippen LogP contribution in [0.2, 0.25) is 5.02 Å². The SMILES string of the molecule is O=C(Nc1cccc(Cl)c1N1CCOCC1)c1cccc(OCc2cn3ccccc3n2)c1. The molecule has 1 amide bonds. The lowest BCUT2D eigenvalue weighted by Crippen LogP contribution is -2.37. The maximum absolute atomic E-state index is 13.0. The van der Waals surface area contributed by atoms with Gasteiger partial charge in [0.25, 0.3) is 5.91 Å². The van der Waals surface area contributed by atoms with Gasteiger partial charge in [0.2, 0.25) is 0 Å². The average molecular weight is 463 g/mol. The van der Waals surface area contributed by atoms with Crippen molar-refractivity contribution in [3.63, 3.8) is 0 Å². The van der Waals surface area contributed by atoms with Crippen LogP contribution >= 0.6 is 11.6 Å². The van der Waals surface area contributed by atoms with Crippen LogP contribution in [0.15, 0.2) is 73.1 Å². The predicted molar refractivity (Wildman–Crippen MR) is 128 cm³/mol. The molecule has 0 aliphatic carbocycles. The minimum atomic E-state index is -0.232. The quantitative estimate of drug-likeness (QED) is 0.451. The van der Waals surface area contributed by atoms with E-state index in [1.54, 1.807) is 18.2 Å². The molecule has 0 atom stereocenters. The third-order valence-corrected chi connectivity index (χ3v) is 5.76. The summed E-state index contributed by atoms with van der Waals surface area (Å²) in [5, 5.41) is 3.60. The van der Waals surface area contributed by atoms with Crippen LogP contribution in [-0.2, 0) is 11.3 Å². The van der Waals surface area contributed by atoms with E-state index in [2.05, 4.69) is 15.2 Å². The van der Waals surface area contributed by atoms with Crippen molar-refractivity contribution in [2.24, 2.45) is 0 Å². The molecule has 33 heavy (non-hydrogen) atoms. The fourth-order valence-corrected chi connectivity index (χ4v) is 4.15. The molecule has 1 aliphatic rings. The first-order valence-corrected chi connectivity index (χ1v) is 11.1. The Labute approximate surface area is 196 Å². The van der Waals surface area contributed by atoms with E-state index in [9.17, 15) is 4.79 Å². The second-order valence-electron chi connectivity index (χ2n) is 7.70. The molecule has 1 fully saturated rings. The van der Waals surface area contributed by atoms with Gasteiger partial charge >= 0.3 is 0 Å². The van der Waals surface area contributed by atoms with Crippen molar-refractivity contribution < 1.29 is 14.3 Å². The van der Waals surface area contributed by atoms with E-state index in [0.717, 1.165) is 30.1 Å². The molecule has 2 aromatic carbocycles. The number of hydrogen-bond acceptors (Lipinski definition) is 5. The van der Waals surface area contributed by atoms with Gasteiger partial charge in [-0.15, -0.1) is 0 Å². The van der Waals surface area contributed by atoms with E-state index in [-0.39, 0.29) is 5.91 Å². The van der Waals surface area contributed by atoms with Crippen LogP contribution in [0.4, 0.5) is 11.4 Å². The van der Waals surface area contributed by atoms with Gasteiger partial charge in [0.1, 0.15) is 18.0 Å². The van der Waals surface area contributed by atoms with Gasteiger partial charge in [-0.3, -0.25) is 4.79 Å². The van der Waals surface area contributed by atoms with Crippen LogP contribution in [0.25, 0.3) is 5.65 Å². The number of carbonyl (C=O) groups excluding carboxylic acids is 1. The highest BCUT2D eigenvalue weighted by Gasteiger charge is 2.19. The van der Waals surface area contributed by atoms with Crippen LogP contribution in [0.5, 0.6) is 5.75 Å². The molecule has 1 aliphatic heterocycles. The van der Waals surface area contributed by atoms with Crippen molar-refractivity contribution in [2.75, 3.05) is 36.5 Å². The summed E-state index contributed by atoms with van der Waals surface area (Å²) in [5.74, 6) is 0.365. The molecular formula is C25H23ClN4O3. The number of pyridine rings is 1. The zero-order chi connectivity index (χ0) is 22.6. The molecule has 0 radical (unpaired) electrons. The third-order valence-electron chi connectivity index (χ3n) is 5.46. The smallest absolute Gasteiger partial charge is 0.255 e. The van der Waals surface area contributed by atoms with Gasteiger partial charge in [-0.25, -0.2) is 4.98 Å². The van der Waals surface area contributed by atoms with Gasteiger partial charge in [-0.05, 0) is 42.5 Å². The maximum Gasteiger partial charge on any atom is 0.255 e. The number of anilines is 2. The Bertz CT molecular complexity index is 1250. The number of aromatic nitrogens is 2. The van der Waals surface area contributed by atoms with Crippen molar-refractivity contribution in [3.8, 4) is 5.75 Å². The number of amides is 1. The molecule has 0 unspecified atom stereocenters. The minimum Gasteiger partial charge on any atom is -0.487 e. The van der Waals surface area contributed by atoms with Gasteiger partial charge in [0.05, 0.1) is 35.3 Å². The van der Waals surface area contributed by atoms with E-state index < -0.39 is 0 Å². The highest BCUT2D eigenvalue weighted by molar-refractivity contribution is 6.34. The normalized spacial score (nSPS) is 13.8. The molecule has 3 heterocycles. The molecular weight excluding hydrogens is 440 g/mol. The van der Waals surface area contributed by atoms with Gasteiger partial charge in [0.15, 0.2) is 0 Å². The number of benzene rings is 2. The van der Waals surface area contributed by atoms with E-state index in [1.165, 1.54) is 0 Å². The number of carbonyl (C=O) groups is 1. The standard InChI is InChI=1S/C25H23ClN4O3/c26-21-7-4-8-22(24(21)29-11-13-32-14-12-29)28-25(31)18-5-3-6-20(15-18)33-17-19-16-30-10-2-1-9-23(30)27-19/h1-10,15-16H,11-14,17H2,(H,28,31). The molecule has 2 aromatic heterocycles. The molecule has 0 saturated carbocycles. The van der Waals surface area contributed by atoms with Crippen molar-refractivity contribution in [2.45, 2.75) is 6.61 Å². The van der Waals surface area contributed by atoms with Crippen molar-refractivity contribution in [3.05, 3.63) is 89.3 Å². The fraction of sp³-hybridized carbons (Fsp3) is 0.200. The number of hydrogen-bond donors (Lipinski definition) is 1. The molecule has 4 aromatic rings. The largest absolute Gasteiger partial charge is 0.487 e. The maximum atomic E-state index is 13.0. The molecule has 168 valence electrons. The molecule has 8 heteroatoms. The summed E-state index contributed by atoms with van der Waals surface area (Å²) < 4.78 is 13.3. The molecule has 1 N–H and O–H groups in total. The fourth-order valence-electron chi connectivity index (χ4n) is 3.86. The number of nitrogens with one attached hydrogen (secondary N) is 1. The summed E-state index contributed by atoms with van der Waals surface area (Å²) in [6, 6.07) is 18.5. The predicted octanol–water partition coefficient (Wildman–Crippen LogP) is 4.66. The molecule has 7 nitrogen and oxygen atoms in total. The first-order chi connectivity index (χ1) is 16.2. The van der Waals surface area contributed by atoms with Crippen molar-refractivity contribution in [1.29, 1.82) is 0 Å². The lowest BCUT2D eigenvalue weighted by atomic mass is 10.1. The van der Waals surface area contributed by atoms with Gasteiger partial charge in [0, 0.05) is 31.0 Å². The zero-order valence-corrected chi connectivity index (χ0v) is 18.7. The minimum absolute atomic E-state index is 0.232. The Hall–Kier alpha value is -3.55. The topological polar surface area (TPSA) is 68.1 Å². The van der Waals surface area contributed by atoms with E-state index >= 15 is 0 Å². The molecule has 0 bridgehead atoms. The zero-order valence-electron chi connectivity index (χ0n) is 17.9. The van der Waals surface area contributed by atoms with Crippen LogP contribution < -0.4 is 15.0 Å². The molecule has 5 rings (SSSR count). The summed E-state index contributed by atoms with van der Waals surface area (Å²) in [6.07, 6.45) is 3.87. The number of ether oxygens (including phenoxy) is 2. The number of fused-ring (bicyclic) bond motifs is 1.